The van der Waals surface area contributed by atoms with E-state index in [9.17, 15) is 58.5 Å². The van der Waals surface area contributed by atoms with Crippen LogP contribution in [0, 0.1) is 0 Å². The van der Waals surface area contributed by atoms with Crippen molar-refractivity contribution in [1.82, 2.24) is 50.8 Å². The Morgan fingerprint density at radius 2 is 1.32 bits per heavy atom. The van der Waals surface area contributed by atoms with Gasteiger partial charge in [0.2, 0.25) is 11.8 Å². The molecule has 2 heterocycles. The lowest BCUT2D eigenvalue weighted by Crippen LogP contribution is -2.52. The van der Waals surface area contributed by atoms with Gasteiger partial charge in [-0.2, -0.15) is 0 Å². The first-order valence-corrected chi connectivity index (χ1v) is 18.7. The van der Waals surface area contributed by atoms with Crippen molar-refractivity contribution in [2.75, 3.05) is 85.3 Å². The molecule has 330 valence electrons. The third kappa shape index (κ3) is 22.0. The molecule has 9 N–H and O–H groups in total. The van der Waals surface area contributed by atoms with Gasteiger partial charge in [-0.1, -0.05) is 0 Å². The van der Waals surface area contributed by atoms with Crippen molar-refractivity contribution in [3.63, 3.8) is 0 Å². The predicted molar refractivity (Wildman–Crippen MR) is 200 cm³/mol. The summed E-state index contributed by atoms with van der Waals surface area (Å²) in [6, 6.07) is -3.56. The molecule has 25 nitrogen and oxygen atoms in total. The van der Waals surface area contributed by atoms with E-state index >= 15 is 0 Å². The van der Waals surface area contributed by atoms with Crippen LogP contribution in [0.5, 0.6) is 0 Å². The molecule has 2 rings (SSSR count). The third-order valence-corrected chi connectivity index (χ3v) is 8.93. The minimum absolute atomic E-state index is 0.0473. The molecule has 1 aromatic heterocycles. The van der Waals surface area contributed by atoms with E-state index in [2.05, 4.69) is 31.2 Å². The van der Waals surface area contributed by atoms with Gasteiger partial charge in [0.15, 0.2) is 6.23 Å². The number of carboxylic acid groups (broad SMARTS) is 4. The maximum atomic E-state index is 13.5. The molecule has 59 heavy (non-hydrogen) atoms. The first-order chi connectivity index (χ1) is 28.2. The van der Waals surface area contributed by atoms with Crippen LogP contribution in [0.1, 0.15) is 37.8 Å². The number of H-pyrrole nitrogens is 1. The molecule has 4 amide bonds. The molecular formula is C34H54N10O15. The lowest BCUT2D eigenvalue weighted by molar-refractivity contribution is -0.141. The van der Waals surface area contributed by atoms with E-state index < -0.39 is 66.5 Å². The molecule has 0 bridgehead atoms. The summed E-state index contributed by atoms with van der Waals surface area (Å²) in [5, 5.41) is 46.9. The van der Waals surface area contributed by atoms with Crippen LogP contribution < -0.4 is 21.3 Å². The normalized spacial score (nSPS) is 16.4. The smallest absolute Gasteiger partial charge is 0.326 e. The number of nitrogens with one attached hydrogen (secondary N) is 5. The van der Waals surface area contributed by atoms with Gasteiger partial charge in [-0.15, -0.1) is 0 Å². The Kier molecular flexibility index (Phi) is 23.1. The molecule has 0 saturated carbocycles. The molecular weight excluding hydrogens is 788 g/mol. The van der Waals surface area contributed by atoms with E-state index in [1.54, 1.807) is 19.6 Å². The number of hydrogen-bond acceptors (Lipinski definition) is 16. The van der Waals surface area contributed by atoms with E-state index in [0.717, 1.165) is 0 Å². The maximum absolute atomic E-state index is 13.5. The van der Waals surface area contributed by atoms with Gasteiger partial charge in [0.1, 0.15) is 18.8 Å². The van der Waals surface area contributed by atoms with Crippen LogP contribution in [-0.2, 0) is 54.3 Å². The lowest BCUT2D eigenvalue weighted by atomic mass is 10.1. The predicted octanol–water partition coefficient (Wildman–Crippen LogP) is -3.64. The van der Waals surface area contributed by atoms with E-state index in [0.29, 0.717) is 31.6 Å². The van der Waals surface area contributed by atoms with Crippen LogP contribution in [-0.4, -0.2) is 208 Å². The molecule has 1 aromatic rings. The molecule has 1 aliphatic heterocycles. The fourth-order valence-electron chi connectivity index (χ4n) is 5.87. The fraction of sp³-hybridized carbons (Fsp3) is 0.647. The second-order valence-electron chi connectivity index (χ2n) is 13.5. The largest absolute Gasteiger partial charge is 0.481 e. The van der Waals surface area contributed by atoms with Crippen LogP contribution in [0.2, 0.25) is 0 Å². The number of unbranched alkanes of at least 4 members (excludes halogenated alkanes) is 1. The average molecular weight is 843 g/mol. The summed E-state index contributed by atoms with van der Waals surface area (Å²) in [5.74, 6) is -5.87. The maximum Gasteiger partial charge on any atom is 0.326 e. The van der Waals surface area contributed by atoms with Crippen molar-refractivity contribution >= 4 is 54.7 Å². The third-order valence-electron chi connectivity index (χ3n) is 8.93. The number of aromatic amines is 1. The quantitative estimate of drug-likeness (QED) is 0.0247. The second kappa shape index (κ2) is 27.7. The molecule has 3 atom stereocenters. The highest BCUT2D eigenvalue weighted by atomic mass is 16.5. The van der Waals surface area contributed by atoms with Gasteiger partial charge in [-0.05, 0) is 19.3 Å². The van der Waals surface area contributed by atoms with Crippen molar-refractivity contribution in [2.45, 2.75) is 56.8 Å². The first-order valence-electron chi connectivity index (χ1n) is 18.7. The zero-order valence-electron chi connectivity index (χ0n) is 32.5. The molecule has 25 heteroatoms. The van der Waals surface area contributed by atoms with Crippen LogP contribution in [0.15, 0.2) is 12.5 Å². The highest BCUT2D eigenvalue weighted by molar-refractivity contribution is 5.88. The minimum atomic E-state index is -1.50. The van der Waals surface area contributed by atoms with Gasteiger partial charge < -0.3 is 56.2 Å². The topological polar surface area (TPSA) is 343 Å². The standard InChI is InChI=1S/C34H54N10O15/c45-22-58-21-44-13-11-41(7-8-42(18-30(50)51)9-10-43(12-14-44)19-31(52)53)17-27(47)38-26(15-24-16-35-20-37-24)32(54)36-6-2-1-3-28(59-23-46)40-34(57)39-25(33(55)56)4-5-29(48)49/h16,20,22-23,25-26,28H,1-15,17-19,21H2,(H,35,37)(H,36,54)(H,38,47)(H,48,49)(H,50,51)(H,52,53)(H,55,56)(H2,39,40,57)/t25-,26-,28+/m0/s1. The molecule has 0 spiro atoms. The molecule has 1 fully saturated rings. The number of amides is 4. The fourth-order valence-corrected chi connectivity index (χ4v) is 5.87. The number of carbonyl (C=O) groups is 9. The van der Waals surface area contributed by atoms with Crippen LogP contribution in [0.3, 0.4) is 0 Å². The Bertz CT molecular complexity index is 1520. The molecule has 1 saturated heterocycles. The zero-order valence-corrected chi connectivity index (χ0v) is 32.5. The van der Waals surface area contributed by atoms with Gasteiger partial charge >= 0.3 is 29.9 Å². The Balaban J connectivity index is 2.04. The van der Waals surface area contributed by atoms with Crippen molar-refractivity contribution in [3.05, 3.63) is 18.2 Å². The van der Waals surface area contributed by atoms with Gasteiger partial charge in [0.25, 0.3) is 12.9 Å². The summed E-state index contributed by atoms with van der Waals surface area (Å²) in [4.78, 5) is 120. The minimum Gasteiger partial charge on any atom is -0.481 e. The summed E-state index contributed by atoms with van der Waals surface area (Å²) in [5.41, 5.74) is 0.551. The number of carbonyl (C=O) groups excluding carboxylic acids is 5. The number of imidazole rings is 1. The number of urea groups is 1. The Labute approximate surface area is 338 Å². The highest BCUT2D eigenvalue weighted by Gasteiger charge is 2.26. The monoisotopic (exact) mass is 842 g/mol. The van der Waals surface area contributed by atoms with E-state index in [4.69, 9.17) is 14.6 Å². The number of nitrogens with zero attached hydrogens (tertiary/aromatic N) is 5. The molecule has 0 unspecified atom stereocenters. The number of aromatic nitrogens is 2. The molecule has 1 aliphatic rings. The number of rotatable bonds is 26. The zero-order chi connectivity index (χ0) is 43.6. The molecule has 0 aliphatic carbocycles. The van der Waals surface area contributed by atoms with Crippen LogP contribution in [0.25, 0.3) is 0 Å². The van der Waals surface area contributed by atoms with E-state index in [1.807, 2.05) is 0 Å². The second-order valence-corrected chi connectivity index (χ2v) is 13.5. The number of ether oxygens (including phenoxy) is 2. The Morgan fingerprint density at radius 3 is 1.83 bits per heavy atom. The Morgan fingerprint density at radius 1 is 0.729 bits per heavy atom. The van der Waals surface area contributed by atoms with E-state index in [-0.39, 0.29) is 104 Å². The van der Waals surface area contributed by atoms with Crippen molar-refractivity contribution < 1.29 is 73.1 Å². The summed E-state index contributed by atoms with van der Waals surface area (Å²) in [7, 11) is 0. The Hall–Kier alpha value is -5.92. The van der Waals surface area contributed by atoms with Gasteiger partial charge in [0.05, 0.1) is 26.0 Å². The number of hydrogen-bond donors (Lipinski definition) is 9. The van der Waals surface area contributed by atoms with Gasteiger partial charge in [0, 0.05) is 90.1 Å². The summed E-state index contributed by atoms with van der Waals surface area (Å²) in [6.45, 7) is 1.74. The summed E-state index contributed by atoms with van der Waals surface area (Å²) in [6.07, 6.45) is 1.61. The summed E-state index contributed by atoms with van der Waals surface area (Å²) >= 11 is 0. The first kappa shape index (κ1) is 49.2. The number of aliphatic carboxylic acids is 4. The SMILES string of the molecule is O=COCN1CCN(CC(=O)O)CCN(CC(=O)O)CCN(CC(=O)N[C@@H](Cc2cnc[nH]2)C(=O)NCCCC[C@H](NC(=O)N[C@@H](CCC(=O)O)C(=O)O)OC=O)CC1. The van der Waals surface area contributed by atoms with Crippen molar-refractivity contribution in [2.24, 2.45) is 0 Å². The molecule has 0 radical (unpaired) electrons. The van der Waals surface area contributed by atoms with Gasteiger partial charge in [-0.3, -0.25) is 53.2 Å². The van der Waals surface area contributed by atoms with Crippen LogP contribution in [0.4, 0.5) is 4.79 Å². The van der Waals surface area contributed by atoms with Crippen molar-refractivity contribution in [1.29, 1.82) is 0 Å². The van der Waals surface area contributed by atoms with Crippen LogP contribution >= 0.6 is 0 Å². The average Bonchev–Trinajstić information content (AvgIpc) is 3.68. The lowest BCUT2D eigenvalue weighted by Gasteiger charge is -2.33. The molecule has 0 aromatic carbocycles. The summed E-state index contributed by atoms with van der Waals surface area (Å²) < 4.78 is 9.82. The van der Waals surface area contributed by atoms with Gasteiger partial charge in [-0.25, -0.2) is 14.6 Å². The van der Waals surface area contributed by atoms with E-state index in [1.165, 1.54) is 12.5 Å². The number of carboxylic acids is 4. The van der Waals surface area contributed by atoms with Crippen molar-refractivity contribution in [3.8, 4) is 0 Å². The highest BCUT2D eigenvalue weighted by Crippen LogP contribution is 2.06.